The Labute approximate surface area is 113 Å². The SMILES string of the molecule is CCCCc1c(C#N)nnn1-c1cc(C)ccc1C. The molecule has 4 nitrogen and oxygen atoms in total. The van der Waals surface area contributed by atoms with Gasteiger partial charge in [-0.1, -0.05) is 30.7 Å². The fourth-order valence-electron chi connectivity index (χ4n) is 2.10. The van der Waals surface area contributed by atoms with Crippen molar-refractivity contribution in [2.45, 2.75) is 40.0 Å². The molecule has 1 heterocycles. The van der Waals surface area contributed by atoms with Crippen LogP contribution in [0.3, 0.4) is 0 Å². The van der Waals surface area contributed by atoms with Crippen molar-refractivity contribution in [3.05, 3.63) is 40.7 Å². The van der Waals surface area contributed by atoms with Crippen molar-refractivity contribution >= 4 is 0 Å². The van der Waals surface area contributed by atoms with Crippen LogP contribution in [-0.4, -0.2) is 15.0 Å². The first-order chi connectivity index (χ1) is 9.17. The van der Waals surface area contributed by atoms with Crippen molar-refractivity contribution in [3.8, 4) is 11.8 Å². The molecule has 98 valence electrons. The lowest BCUT2D eigenvalue weighted by molar-refractivity contribution is 0.712. The predicted octanol–water partition coefficient (Wildman–Crippen LogP) is 3.10. The van der Waals surface area contributed by atoms with E-state index in [9.17, 15) is 0 Å². The van der Waals surface area contributed by atoms with Gasteiger partial charge in [0.15, 0.2) is 5.69 Å². The molecule has 0 fully saturated rings. The summed E-state index contributed by atoms with van der Waals surface area (Å²) < 4.78 is 1.82. The van der Waals surface area contributed by atoms with Gasteiger partial charge < -0.3 is 0 Å². The third-order valence-corrected chi connectivity index (χ3v) is 3.23. The van der Waals surface area contributed by atoms with E-state index in [1.54, 1.807) is 0 Å². The second-order valence-electron chi connectivity index (χ2n) is 4.80. The molecule has 0 radical (unpaired) electrons. The molecular formula is C15H18N4. The van der Waals surface area contributed by atoms with Crippen molar-refractivity contribution in [2.75, 3.05) is 0 Å². The van der Waals surface area contributed by atoms with E-state index in [4.69, 9.17) is 5.26 Å². The van der Waals surface area contributed by atoms with Crippen molar-refractivity contribution < 1.29 is 0 Å². The van der Waals surface area contributed by atoms with Gasteiger partial charge in [-0.05, 0) is 43.9 Å². The second-order valence-corrected chi connectivity index (χ2v) is 4.80. The predicted molar refractivity (Wildman–Crippen MR) is 74.2 cm³/mol. The molecule has 0 atom stereocenters. The van der Waals surface area contributed by atoms with E-state index in [-0.39, 0.29) is 0 Å². The van der Waals surface area contributed by atoms with Gasteiger partial charge >= 0.3 is 0 Å². The lowest BCUT2D eigenvalue weighted by Crippen LogP contribution is -2.05. The van der Waals surface area contributed by atoms with Crippen LogP contribution in [0.1, 0.15) is 42.3 Å². The minimum absolute atomic E-state index is 0.439. The van der Waals surface area contributed by atoms with Crippen LogP contribution >= 0.6 is 0 Å². The van der Waals surface area contributed by atoms with Crippen molar-refractivity contribution in [1.82, 2.24) is 15.0 Å². The number of benzene rings is 1. The van der Waals surface area contributed by atoms with Crippen molar-refractivity contribution in [2.24, 2.45) is 0 Å². The Kier molecular flexibility index (Phi) is 3.96. The van der Waals surface area contributed by atoms with Crippen LogP contribution in [0.5, 0.6) is 0 Å². The summed E-state index contributed by atoms with van der Waals surface area (Å²) in [4.78, 5) is 0. The maximum Gasteiger partial charge on any atom is 0.186 e. The summed E-state index contributed by atoms with van der Waals surface area (Å²) in [6.45, 7) is 6.24. The van der Waals surface area contributed by atoms with Gasteiger partial charge in [-0.15, -0.1) is 5.10 Å². The molecule has 0 aliphatic rings. The Morgan fingerprint density at radius 3 is 2.79 bits per heavy atom. The number of hydrogen-bond donors (Lipinski definition) is 0. The summed E-state index contributed by atoms with van der Waals surface area (Å²) in [7, 11) is 0. The lowest BCUT2D eigenvalue weighted by Gasteiger charge is -2.10. The lowest BCUT2D eigenvalue weighted by atomic mass is 10.1. The molecule has 4 heteroatoms. The molecule has 0 bridgehead atoms. The first kappa shape index (κ1) is 13.3. The summed E-state index contributed by atoms with van der Waals surface area (Å²) in [5.41, 5.74) is 4.68. The van der Waals surface area contributed by atoms with E-state index in [1.165, 1.54) is 5.56 Å². The van der Waals surface area contributed by atoms with Gasteiger partial charge in [0.2, 0.25) is 0 Å². The molecule has 19 heavy (non-hydrogen) atoms. The first-order valence-corrected chi connectivity index (χ1v) is 6.59. The fraction of sp³-hybridized carbons (Fsp3) is 0.400. The Morgan fingerprint density at radius 2 is 2.11 bits per heavy atom. The summed E-state index contributed by atoms with van der Waals surface area (Å²) in [6, 6.07) is 8.37. The number of nitrogens with zero attached hydrogens (tertiary/aromatic N) is 4. The van der Waals surface area contributed by atoms with E-state index < -0.39 is 0 Å². The van der Waals surface area contributed by atoms with Crippen LogP contribution < -0.4 is 0 Å². The Bertz CT molecular complexity index is 620. The highest BCUT2D eigenvalue weighted by atomic mass is 15.4. The topological polar surface area (TPSA) is 54.5 Å². The van der Waals surface area contributed by atoms with Crippen molar-refractivity contribution in [1.29, 1.82) is 5.26 Å². The molecular weight excluding hydrogens is 236 g/mol. The van der Waals surface area contributed by atoms with Crippen LogP contribution in [-0.2, 0) is 6.42 Å². The molecule has 0 N–H and O–H groups in total. The fourth-order valence-corrected chi connectivity index (χ4v) is 2.10. The standard InChI is InChI=1S/C15H18N4/c1-4-5-6-14-13(10-16)17-18-19(14)15-9-11(2)7-8-12(15)3/h7-9H,4-6H2,1-3H3. The Morgan fingerprint density at radius 1 is 1.32 bits per heavy atom. The average molecular weight is 254 g/mol. The van der Waals surface area contributed by atoms with Gasteiger partial charge in [0.1, 0.15) is 6.07 Å². The van der Waals surface area contributed by atoms with E-state index in [0.717, 1.165) is 36.2 Å². The van der Waals surface area contributed by atoms with Crippen LogP contribution in [0.25, 0.3) is 5.69 Å². The first-order valence-electron chi connectivity index (χ1n) is 6.59. The summed E-state index contributed by atoms with van der Waals surface area (Å²) in [5.74, 6) is 0. The van der Waals surface area contributed by atoms with E-state index in [2.05, 4.69) is 48.4 Å². The highest BCUT2D eigenvalue weighted by Crippen LogP contribution is 2.19. The molecule has 0 saturated carbocycles. The Hall–Kier alpha value is -2.15. The van der Waals surface area contributed by atoms with E-state index in [0.29, 0.717) is 5.69 Å². The third-order valence-electron chi connectivity index (χ3n) is 3.23. The zero-order chi connectivity index (χ0) is 13.8. The highest BCUT2D eigenvalue weighted by molar-refractivity contribution is 5.44. The number of unbranched alkanes of at least 4 members (excludes halogenated alkanes) is 1. The number of aryl methyl sites for hydroxylation is 2. The van der Waals surface area contributed by atoms with Gasteiger partial charge in [0.05, 0.1) is 11.4 Å². The molecule has 0 saturated heterocycles. The highest BCUT2D eigenvalue weighted by Gasteiger charge is 2.14. The zero-order valence-corrected chi connectivity index (χ0v) is 11.6. The quantitative estimate of drug-likeness (QED) is 0.842. The number of nitriles is 1. The molecule has 0 aliphatic carbocycles. The largest absolute Gasteiger partial charge is 0.216 e. The minimum atomic E-state index is 0.439. The molecule has 2 aromatic rings. The van der Waals surface area contributed by atoms with E-state index in [1.807, 2.05) is 11.6 Å². The molecule has 0 unspecified atom stereocenters. The maximum absolute atomic E-state index is 9.14. The smallest absolute Gasteiger partial charge is 0.186 e. The Balaban J connectivity index is 2.53. The molecule has 0 aliphatic heterocycles. The van der Waals surface area contributed by atoms with Gasteiger partial charge in [-0.25, -0.2) is 4.68 Å². The van der Waals surface area contributed by atoms with Crippen LogP contribution in [0.15, 0.2) is 18.2 Å². The number of rotatable bonds is 4. The molecule has 2 rings (SSSR count). The number of aromatic nitrogens is 3. The summed E-state index contributed by atoms with van der Waals surface area (Å²) in [6.07, 6.45) is 2.95. The zero-order valence-electron chi connectivity index (χ0n) is 11.6. The van der Waals surface area contributed by atoms with Crippen LogP contribution in [0, 0.1) is 25.2 Å². The van der Waals surface area contributed by atoms with Crippen LogP contribution in [0.4, 0.5) is 0 Å². The van der Waals surface area contributed by atoms with Gasteiger partial charge in [0.25, 0.3) is 0 Å². The average Bonchev–Trinajstić information content (AvgIpc) is 2.81. The second kappa shape index (κ2) is 5.66. The van der Waals surface area contributed by atoms with Crippen LogP contribution in [0.2, 0.25) is 0 Å². The minimum Gasteiger partial charge on any atom is -0.216 e. The van der Waals surface area contributed by atoms with Crippen molar-refractivity contribution in [3.63, 3.8) is 0 Å². The molecule has 0 spiro atoms. The van der Waals surface area contributed by atoms with Gasteiger partial charge in [-0.3, -0.25) is 0 Å². The summed E-state index contributed by atoms with van der Waals surface area (Å²) in [5, 5.41) is 17.3. The monoisotopic (exact) mass is 254 g/mol. The maximum atomic E-state index is 9.14. The van der Waals surface area contributed by atoms with Gasteiger partial charge in [-0.2, -0.15) is 5.26 Å². The molecule has 1 aromatic carbocycles. The molecule has 1 aromatic heterocycles. The van der Waals surface area contributed by atoms with E-state index >= 15 is 0 Å². The third kappa shape index (κ3) is 2.65. The van der Waals surface area contributed by atoms with Gasteiger partial charge in [0, 0.05) is 0 Å². The number of hydrogen-bond acceptors (Lipinski definition) is 3. The molecule has 0 amide bonds. The normalized spacial score (nSPS) is 10.4. The summed E-state index contributed by atoms with van der Waals surface area (Å²) >= 11 is 0.